The number of nitrogens with zero attached hydrogens (tertiary/aromatic N) is 3. The molecule has 1 fully saturated rings. The fraction of sp³-hybridized carbons (Fsp3) is 0.733. The largest absolute Gasteiger partial charge is 0.369 e. The van der Waals surface area contributed by atoms with Gasteiger partial charge in [0.05, 0.1) is 23.5 Å². The van der Waals surface area contributed by atoms with Gasteiger partial charge in [0, 0.05) is 19.0 Å². The number of halogens is 1. The molecular weight excluding hydrogens is 258 g/mol. The summed E-state index contributed by atoms with van der Waals surface area (Å²) in [6.45, 7) is 11.0. The first-order valence-electron chi connectivity index (χ1n) is 7.10. The fourth-order valence-electron chi connectivity index (χ4n) is 2.42. The van der Waals surface area contributed by atoms with Crippen LogP contribution in [-0.4, -0.2) is 23.1 Å². The summed E-state index contributed by atoms with van der Waals surface area (Å²) >= 11 is 6.07. The third-order valence-electron chi connectivity index (χ3n) is 3.96. The zero-order valence-electron chi connectivity index (χ0n) is 12.4. The zero-order chi connectivity index (χ0) is 14.0. The molecule has 2 heterocycles. The minimum Gasteiger partial charge on any atom is -0.369 e. The van der Waals surface area contributed by atoms with Crippen LogP contribution in [0.15, 0.2) is 6.20 Å². The minimum absolute atomic E-state index is 0.344. The molecule has 0 N–H and O–H groups in total. The van der Waals surface area contributed by atoms with Crippen molar-refractivity contribution in [3.05, 3.63) is 17.7 Å². The molecule has 0 aromatic carbocycles. The monoisotopic (exact) mass is 281 g/mol. The quantitative estimate of drug-likeness (QED) is 0.785. The van der Waals surface area contributed by atoms with Crippen molar-refractivity contribution in [3.8, 4) is 0 Å². The predicted octanol–water partition coefficient (Wildman–Crippen LogP) is 3.97. The molecule has 0 atom stereocenters. The molecular formula is C15H24ClN3. The first-order valence-corrected chi connectivity index (χ1v) is 7.63. The van der Waals surface area contributed by atoms with Gasteiger partial charge in [-0.05, 0) is 18.3 Å². The third kappa shape index (κ3) is 3.38. The normalized spacial score (nSPS) is 18.9. The molecule has 106 valence electrons. The highest BCUT2D eigenvalue weighted by Crippen LogP contribution is 2.33. The van der Waals surface area contributed by atoms with E-state index >= 15 is 0 Å². The van der Waals surface area contributed by atoms with Crippen LogP contribution in [0.1, 0.15) is 58.0 Å². The topological polar surface area (TPSA) is 29.0 Å². The number of alkyl halides is 1. The molecule has 4 heteroatoms. The summed E-state index contributed by atoms with van der Waals surface area (Å²) in [6, 6.07) is 0. The Labute approximate surface area is 121 Å². The lowest BCUT2D eigenvalue weighted by atomic mass is 9.82. The smallest absolute Gasteiger partial charge is 0.131 e. The molecule has 0 spiro atoms. The van der Waals surface area contributed by atoms with Crippen LogP contribution in [0.5, 0.6) is 0 Å². The van der Waals surface area contributed by atoms with Gasteiger partial charge >= 0.3 is 0 Å². The minimum atomic E-state index is 0.344. The van der Waals surface area contributed by atoms with E-state index in [4.69, 9.17) is 11.6 Å². The lowest BCUT2D eigenvalue weighted by Crippen LogP contribution is -2.38. The van der Waals surface area contributed by atoms with Crippen LogP contribution in [0, 0.1) is 5.41 Å². The van der Waals surface area contributed by atoms with E-state index < -0.39 is 0 Å². The Morgan fingerprint density at radius 2 is 1.95 bits per heavy atom. The number of hydrogen-bond donors (Lipinski definition) is 0. The van der Waals surface area contributed by atoms with Gasteiger partial charge in [0.2, 0.25) is 0 Å². The number of rotatable bonds is 3. The van der Waals surface area contributed by atoms with Gasteiger partial charge in [-0.25, -0.2) is 9.97 Å². The molecule has 1 saturated heterocycles. The zero-order valence-corrected chi connectivity index (χ0v) is 13.2. The lowest BCUT2D eigenvalue weighted by Gasteiger charge is -2.38. The molecule has 0 amide bonds. The summed E-state index contributed by atoms with van der Waals surface area (Å²) < 4.78 is 0. The van der Waals surface area contributed by atoms with E-state index in [0.29, 0.717) is 17.2 Å². The second kappa shape index (κ2) is 5.66. The van der Waals surface area contributed by atoms with Gasteiger partial charge in [-0.2, -0.15) is 0 Å². The van der Waals surface area contributed by atoms with E-state index in [2.05, 4.69) is 42.6 Å². The van der Waals surface area contributed by atoms with Crippen molar-refractivity contribution in [1.29, 1.82) is 0 Å². The Morgan fingerprint density at radius 1 is 1.32 bits per heavy atom. The first-order chi connectivity index (χ1) is 8.93. The van der Waals surface area contributed by atoms with Crippen molar-refractivity contribution < 1.29 is 0 Å². The lowest BCUT2D eigenvalue weighted by molar-refractivity contribution is 0.279. The molecule has 0 bridgehead atoms. The van der Waals surface area contributed by atoms with E-state index in [1.54, 1.807) is 0 Å². The van der Waals surface area contributed by atoms with E-state index in [9.17, 15) is 0 Å². The van der Waals surface area contributed by atoms with Crippen molar-refractivity contribution >= 4 is 17.3 Å². The van der Waals surface area contributed by atoms with Crippen molar-refractivity contribution in [2.75, 3.05) is 18.0 Å². The Hall–Kier alpha value is -0.830. The summed E-state index contributed by atoms with van der Waals surface area (Å²) in [5, 5.41) is 0. The van der Waals surface area contributed by atoms with Crippen LogP contribution in [0.3, 0.4) is 0 Å². The standard InChI is InChI=1S/C15H24ClN3/c1-11(2)14-17-10-13(12(9-16)18-14)19-7-5-15(3,4)6-8-19/h10-11H,5-9H2,1-4H3. The van der Waals surface area contributed by atoms with Crippen molar-refractivity contribution in [2.45, 2.75) is 52.3 Å². The Bertz CT molecular complexity index is 433. The molecule has 0 aliphatic carbocycles. The molecule has 1 aromatic rings. The van der Waals surface area contributed by atoms with Gasteiger partial charge in [0.15, 0.2) is 0 Å². The van der Waals surface area contributed by atoms with E-state index in [-0.39, 0.29) is 0 Å². The summed E-state index contributed by atoms with van der Waals surface area (Å²) in [4.78, 5) is 11.5. The second-order valence-electron chi connectivity index (χ2n) is 6.50. The maximum atomic E-state index is 6.07. The van der Waals surface area contributed by atoms with E-state index in [1.165, 1.54) is 12.8 Å². The molecule has 0 radical (unpaired) electrons. The van der Waals surface area contributed by atoms with Crippen LogP contribution < -0.4 is 4.90 Å². The van der Waals surface area contributed by atoms with Crippen LogP contribution in [0.2, 0.25) is 0 Å². The average Bonchev–Trinajstić information content (AvgIpc) is 2.38. The predicted molar refractivity (Wildman–Crippen MR) is 80.9 cm³/mol. The van der Waals surface area contributed by atoms with E-state index in [1.807, 2.05) is 6.20 Å². The maximum Gasteiger partial charge on any atom is 0.131 e. The molecule has 19 heavy (non-hydrogen) atoms. The summed E-state index contributed by atoms with van der Waals surface area (Å²) in [7, 11) is 0. The Morgan fingerprint density at radius 3 is 2.47 bits per heavy atom. The molecule has 0 saturated carbocycles. The van der Waals surface area contributed by atoms with E-state index in [0.717, 1.165) is 30.3 Å². The number of aromatic nitrogens is 2. The average molecular weight is 282 g/mol. The highest BCUT2D eigenvalue weighted by atomic mass is 35.5. The fourth-order valence-corrected chi connectivity index (χ4v) is 2.62. The molecule has 1 aliphatic rings. The van der Waals surface area contributed by atoms with Gasteiger partial charge in [0.1, 0.15) is 5.82 Å². The van der Waals surface area contributed by atoms with Crippen LogP contribution in [0.4, 0.5) is 5.69 Å². The van der Waals surface area contributed by atoms with Gasteiger partial charge in [0.25, 0.3) is 0 Å². The van der Waals surface area contributed by atoms with Crippen molar-refractivity contribution in [2.24, 2.45) is 5.41 Å². The molecule has 0 unspecified atom stereocenters. The second-order valence-corrected chi connectivity index (χ2v) is 6.77. The first kappa shape index (κ1) is 14.6. The summed E-state index contributed by atoms with van der Waals surface area (Å²) in [5.41, 5.74) is 2.55. The molecule has 1 aliphatic heterocycles. The molecule has 1 aromatic heterocycles. The number of piperidine rings is 1. The molecule has 3 nitrogen and oxygen atoms in total. The van der Waals surface area contributed by atoms with Gasteiger partial charge < -0.3 is 4.90 Å². The van der Waals surface area contributed by atoms with Crippen LogP contribution in [-0.2, 0) is 5.88 Å². The maximum absolute atomic E-state index is 6.07. The van der Waals surface area contributed by atoms with Gasteiger partial charge in [-0.3, -0.25) is 0 Å². The van der Waals surface area contributed by atoms with Crippen LogP contribution in [0.25, 0.3) is 0 Å². The Balaban J connectivity index is 2.21. The van der Waals surface area contributed by atoms with Crippen molar-refractivity contribution in [3.63, 3.8) is 0 Å². The number of hydrogen-bond acceptors (Lipinski definition) is 3. The van der Waals surface area contributed by atoms with Crippen molar-refractivity contribution in [1.82, 2.24) is 9.97 Å². The van der Waals surface area contributed by atoms with Gasteiger partial charge in [-0.1, -0.05) is 27.7 Å². The summed E-state index contributed by atoms with van der Waals surface area (Å²) in [6.07, 6.45) is 4.37. The highest BCUT2D eigenvalue weighted by Gasteiger charge is 2.27. The third-order valence-corrected chi connectivity index (χ3v) is 4.22. The highest BCUT2D eigenvalue weighted by molar-refractivity contribution is 6.17. The SMILES string of the molecule is CC(C)c1ncc(N2CCC(C)(C)CC2)c(CCl)n1. The number of anilines is 1. The van der Waals surface area contributed by atoms with Gasteiger partial charge in [-0.15, -0.1) is 11.6 Å². The molecule has 2 rings (SSSR count). The van der Waals surface area contributed by atoms with Crippen LogP contribution >= 0.6 is 11.6 Å². The summed E-state index contributed by atoms with van der Waals surface area (Å²) in [5.74, 6) is 1.69. The Kier molecular flexibility index (Phi) is 4.34.